The minimum Gasteiger partial charge on any atom is -0.214 e. The van der Waals surface area contributed by atoms with E-state index in [1.54, 1.807) is 0 Å². The molecule has 0 amide bonds. The van der Waals surface area contributed by atoms with Gasteiger partial charge in [-0.1, -0.05) is 0 Å². The van der Waals surface area contributed by atoms with E-state index in [-0.39, 0.29) is 17.1 Å². The van der Waals surface area contributed by atoms with Crippen molar-refractivity contribution in [1.82, 2.24) is 0 Å². The van der Waals surface area contributed by atoms with Gasteiger partial charge >= 0.3 is 17.1 Å². The minimum atomic E-state index is 0. The van der Waals surface area contributed by atoms with Crippen molar-refractivity contribution in [1.29, 1.82) is 0 Å². The van der Waals surface area contributed by atoms with E-state index in [9.17, 15) is 0 Å². The molecule has 0 aliphatic carbocycles. The quantitative estimate of drug-likeness (QED) is 0.397. The van der Waals surface area contributed by atoms with Crippen LogP contribution in [0.15, 0.2) is 54.6 Å². The smallest absolute Gasteiger partial charge is 0.214 e. The maximum Gasteiger partial charge on any atom is 2.00 e. The molecule has 0 spiro atoms. The first kappa shape index (κ1) is 12.8. The molecule has 0 unspecified atom stereocenters. The molecule has 0 saturated heterocycles. The molecule has 0 fully saturated rings. The van der Waals surface area contributed by atoms with Crippen LogP contribution in [0.4, 0.5) is 0 Å². The zero-order chi connectivity index (χ0) is 9.36. The van der Waals surface area contributed by atoms with Crippen molar-refractivity contribution in [3.05, 3.63) is 60.2 Å². The van der Waals surface area contributed by atoms with Crippen molar-refractivity contribution in [3.63, 3.8) is 0 Å². The summed E-state index contributed by atoms with van der Waals surface area (Å²) in [6.45, 7) is 0. The van der Waals surface area contributed by atoms with E-state index in [0.717, 1.165) is 6.42 Å². The Labute approximate surface area is 96.2 Å². The first-order chi connectivity index (χ1) is 6.43. The van der Waals surface area contributed by atoms with E-state index in [0.29, 0.717) is 0 Å². The maximum atomic E-state index is 5.07. The zero-order valence-corrected chi connectivity index (χ0v) is 8.94. The van der Waals surface area contributed by atoms with Crippen molar-refractivity contribution in [2.45, 2.75) is 6.42 Å². The molecule has 0 bridgehead atoms. The Morgan fingerprint density at radius 3 is 2.00 bits per heavy atom. The van der Waals surface area contributed by atoms with Gasteiger partial charge < -0.3 is 0 Å². The van der Waals surface area contributed by atoms with Gasteiger partial charge in [0, 0.05) is 0 Å². The summed E-state index contributed by atoms with van der Waals surface area (Å²) in [6, 6.07) is 18.0. The summed E-state index contributed by atoms with van der Waals surface area (Å²) in [5.41, 5.74) is 1.23. The van der Waals surface area contributed by atoms with E-state index in [2.05, 4.69) is 5.92 Å². The van der Waals surface area contributed by atoms with Gasteiger partial charge in [-0.3, -0.25) is 0 Å². The Hall–Kier alpha value is -1.22. The van der Waals surface area contributed by atoms with Crippen LogP contribution in [-0.4, -0.2) is 0 Å². The number of hydrogen-bond donors (Lipinski definition) is 0. The fourth-order valence-corrected chi connectivity index (χ4v) is 0.970. The van der Waals surface area contributed by atoms with Crippen LogP contribution in [0, 0.1) is 12.3 Å². The second-order valence-corrected chi connectivity index (χ2v) is 2.64. The molecule has 0 saturated carbocycles. The first-order valence-electron chi connectivity index (χ1n) is 4.24. The van der Waals surface area contributed by atoms with Gasteiger partial charge in [0.25, 0.3) is 0 Å². The summed E-state index contributed by atoms with van der Waals surface area (Å²) in [7, 11) is 0. The van der Waals surface area contributed by atoms with E-state index in [4.69, 9.17) is 6.42 Å². The Morgan fingerprint density at radius 1 is 1.07 bits per heavy atom. The van der Waals surface area contributed by atoms with Gasteiger partial charge in [-0.2, -0.15) is 30.3 Å². The topological polar surface area (TPSA) is 0 Å². The van der Waals surface area contributed by atoms with Crippen molar-refractivity contribution in [2.24, 2.45) is 0 Å². The summed E-state index contributed by atoms with van der Waals surface area (Å²) in [5, 5.41) is 0. The largest absolute Gasteiger partial charge is 2.00 e. The molecule has 14 heavy (non-hydrogen) atoms. The molecule has 0 nitrogen and oxygen atoms in total. The van der Waals surface area contributed by atoms with Gasteiger partial charge in [0.15, 0.2) is 0 Å². The zero-order valence-electron chi connectivity index (χ0n) is 7.83. The Kier molecular flexibility index (Phi) is 7.65. The fraction of sp³-hybridized carbons (Fsp3) is 0.0769. The van der Waals surface area contributed by atoms with Gasteiger partial charge in [0.1, 0.15) is 0 Å². The molecule has 2 aromatic rings. The second-order valence-electron chi connectivity index (χ2n) is 2.64. The van der Waals surface area contributed by atoms with Gasteiger partial charge in [-0.15, -0.1) is 17.9 Å². The van der Waals surface area contributed by atoms with Crippen molar-refractivity contribution in [2.75, 3.05) is 0 Å². The summed E-state index contributed by atoms with van der Waals surface area (Å²) < 4.78 is 0. The average molecular weight is 224 g/mol. The molecule has 0 aliphatic heterocycles. The Bertz CT molecular complexity index is 304. The Morgan fingerprint density at radius 2 is 1.64 bits per heavy atom. The minimum absolute atomic E-state index is 0. The van der Waals surface area contributed by atoms with E-state index >= 15 is 0 Å². The predicted octanol–water partition coefficient (Wildman–Crippen LogP) is 2.98. The molecule has 0 aromatic heterocycles. The van der Waals surface area contributed by atoms with Gasteiger partial charge in [0.2, 0.25) is 0 Å². The average Bonchev–Trinajstić information content (AvgIpc) is 2.79. The third-order valence-electron chi connectivity index (χ3n) is 1.59. The molecule has 0 atom stereocenters. The normalized spacial score (nSPS) is 7.64. The summed E-state index contributed by atoms with van der Waals surface area (Å²) >= 11 is 0. The maximum absolute atomic E-state index is 5.07. The third-order valence-corrected chi connectivity index (χ3v) is 1.59. The standard InChI is InChI=1S/C8H7.C5H5.Fe/c1-2-5-8-6-3-4-7-8;1-2-4-5-3-1;/h1,3-4,6-7H,5H2;1-5H;/q2*-1;+2. The summed E-state index contributed by atoms with van der Waals surface area (Å²) in [5.74, 6) is 2.57. The van der Waals surface area contributed by atoms with Crippen LogP contribution in [0.1, 0.15) is 5.56 Å². The molecule has 0 radical (unpaired) electrons. The molecule has 72 valence electrons. The number of rotatable bonds is 1. The number of hydrogen-bond acceptors (Lipinski definition) is 0. The molecule has 2 aromatic carbocycles. The molecular weight excluding hydrogens is 212 g/mol. The third kappa shape index (κ3) is 5.43. The molecule has 0 heterocycles. The van der Waals surface area contributed by atoms with Gasteiger partial charge in [-0.25, -0.2) is 24.3 Å². The van der Waals surface area contributed by atoms with Crippen molar-refractivity contribution < 1.29 is 17.1 Å². The molecule has 2 rings (SSSR count). The fourth-order valence-electron chi connectivity index (χ4n) is 0.970. The monoisotopic (exact) mass is 224 g/mol. The molecule has 1 heteroatoms. The Balaban J connectivity index is 0.000000246. The van der Waals surface area contributed by atoms with Crippen LogP contribution in [0.2, 0.25) is 0 Å². The SMILES string of the molecule is C#CC[c-]1cccc1.[Fe+2].c1cc[cH-]c1. The van der Waals surface area contributed by atoms with Gasteiger partial charge in [0.05, 0.1) is 0 Å². The van der Waals surface area contributed by atoms with Crippen LogP contribution >= 0.6 is 0 Å². The predicted molar refractivity (Wildman–Crippen MR) is 56.6 cm³/mol. The summed E-state index contributed by atoms with van der Waals surface area (Å²) in [6.07, 6.45) is 5.83. The van der Waals surface area contributed by atoms with Gasteiger partial charge in [-0.05, 0) is 6.42 Å². The summed E-state index contributed by atoms with van der Waals surface area (Å²) in [4.78, 5) is 0. The molecule has 0 aliphatic rings. The molecule has 0 N–H and O–H groups in total. The van der Waals surface area contributed by atoms with Crippen LogP contribution < -0.4 is 0 Å². The van der Waals surface area contributed by atoms with Crippen LogP contribution in [0.25, 0.3) is 0 Å². The number of terminal acetylenes is 1. The van der Waals surface area contributed by atoms with Crippen LogP contribution in [0.3, 0.4) is 0 Å². The van der Waals surface area contributed by atoms with Crippen molar-refractivity contribution >= 4 is 0 Å². The second kappa shape index (κ2) is 8.38. The van der Waals surface area contributed by atoms with Crippen LogP contribution in [-0.2, 0) is 23.5 Å². The van der Waals surface area contributed by atoms with E-state index in [1.807, 2.05) is 54.6 Å². The molecular formula is C13H12Fe. The van der Waals surface area contributed by atoms with E-state index < -0.39 is 0 Å². The van der Waals surface area contributed by atoms with Crippen LogP contribution in [0.5, 0.6) is 0 Å². The van der Waals surface area contributed by atoms with E-state index in [1.165, 1.54) is 5.56 Å². The van der Waals surface area contributed by atoms with Crippen molar-refractivity contribution in [3.8, 4) is 12.3 Å². The first-order valence-corrected chi connectivity index (χ1v) is 4.24.